The van der Waals surface area contributed by atoms with Crippen LogP contribution in [0.2, 0.25) is 0 Å². The van der Waals surface area contributed by atoms with Gasteiger partial charge in [-0.25, -0.2) is 0 Å². The van der Waals surface area contributed by atoms with Gasteiger partial charge in [-0.3, -0.25) is 14.4 Å². The molecule has 3 atom stereocenters. The Morgan fingerprint density at radius 3 is 2.70 bits per heavy atom. The highest BCUT2D eigenvalue weighted by Gasteiger charge is 2.39. The fourth-order valence-electron chi connectivity index (χ4n) is 4.79. The number of hydrogen-bond donors (Lipinski definition) is 2. The minimum Gasteiger partial charge on any atom is -0.490 e. The summed E-state index contributed by atoms with van der Waals surface area (Å²) in [6, 6.07) is 5.02. The quantitative estimate of drug-likeness (QED) is 0.697. The zero-order valence-electron chi connectivity index (χ0n) is 19.3. The molecule has 180 valence electrons. The topological polar surface area (TPSA) is 106 Å². The summed E-state index contributed by atoms with van der Waals surface area (Å²) >= 11 is 0. The second-order valence-electron chi connectivity index (χ2n) is 8.91. The molecule has 0 aliphatic carbocycles. The van der Waals surface area contributed by atoms with Crippen molar-refractivity contribution in [3.8, 4) is 5.75 Å². The van der Waals surface area contributed by atoms with Crippen LogP contribution in [-0.2, 0) is 19.1 Å². The van der Waals surface area contributed by atoms with Gasteiger partial charge in [0, 0.05) is 38.4 Å². The third kappa shape index (κ3) is 5.47. The van der Waals surface area contributed by atoms with Crippen LogP contribution in [0.15, 0.2) is 18.2 Å². The van der Waals surface area contributed by atoms with Gasteiger partial charge in [0.25, 0.3) is 5.91 Å². The van der Waals surface area contributed by atoms with Gasteiger partial charge in [0.15, 0.2) is 0 Å². The van der Waals surface area contributed by atoms with Gasteiger partial charge in [0.05, 0.1) is 24.1 Å². The van der Waals surface area contributed by atoms with E-state index in [0.29, 0.717) is 62.4 Å². The zero-order chi connectivity index (χ0) is 23.4. The number of ether oxygens (including phenoxy) is 3. The fourth-order valence-corrected chi connectivity index (χ4v) is 4.79. The Balaban J connectivity index is 1.46. The van der Waals surface area contributed by atoms with Crippen molar-refractivity contribution in [2.24, 2.45) is 5.92 Å². The van der Waals surface area contributed by atoms with E-state index in [9.17, 15) is 14.4 Å². The van der Waals surface area contributed by atoms with E-state index in [1.807, 2.05) is 6.92 Å². The van der Waals surface area contributed by atoms with Crippen molar-refractivity contribution in [3.63, 3.8) is 0 Å². The Morgan fingerprint density at radius 1 is 1.15 bits per heavy atom. The number of anilines is 1. The molecule has 9 nitrogen and oxygen atoms in total. The predicted octanol–water partition coefficient (Wildman–Crippen LogP) is 1.96. The second kappa shape index (κ2) is 10.5. The second-order valence-corrected chi connectivity index (χ2v) is 8.91. The zero-order valence-corrected chi connectivity index (χ0v) is 19.3. The fraction of sp³-hybridized carbons (Fsp3) is 0.625. The molecule has 1 aromatic carbocycles. The molecule has 3 amide bonds. The molecule has 3 heterocycles. The van der Waals surface area contributed by atoms with E-state index in [-0.39, 0.29) is 48.5 Å². The van der Waals surface area contributed by atoms with Crippen LogP contribution in [0.1, 0.15) is 49.4 Å². The SMILES string of the molecule is CCNC(=O)C[C@@H]1CC[C@H]2[C@@H](COc3ccc(NC(=O)C4CCOCC4)cc3C(=O)N2C)O1. The third-order valence-corrected chi connectivity index (χ3v) is 6.66. The first-order valence-corrected chi connectivity index (χ1v) is 11.8. The van der Waals surface area contributed by atoms with Gasteiger partial charge in [-0.05, 0) is 50.8 Å². The molecule has 3 aliphatic heterocycles. The monoisotopic (exact) mass is 459 g/mol. The Morgan fingerprint density at radius 2 is 1.94 bits per heavy atom. The van der Waals surface area contributed by atoms with Gasteiger partial charge in [-0.1, -0.05) is 0 Å². The van der Waals surface area contributed by atoms with Gasteiger partial charge in [0.2, 0.25) is 11.8 Å². The number of likely N-dealkylation sites (N-methyl/N-ethyl adjacent to an activating group) is 1. The Bertz CT molecular complexity index is 885. The highest BCUT2D eigenvalue weighted by Crippen LogP contribution is 2.32. The molecule has 0 bridgehead atoms. The van der Waals surface area contributed by atoms with Crippen molar-refractivity contribution in [1.82, 2.24) is 10.2 Å². The molecule has 1 aromatic rings. The van der Waals surface area contributed by atoms with Gasteiger partial charge < -0.3 is 29.7 Å². The van der Waals surface area contributed by atoms with E-state index < -0.39 is 0 Å². The van der Waals surface area contributed by atoms with E-state index in [1.54, 1.807) is 30.1 Å². The molecule has 4 rings (SSSR count). The van der Waals surface area contributed by atoms with Crippen LogP contribution in [0, 0.1) is 5.92 Å². The van der Waals surface area contributed by atoms with E-state index in [1.165, 1.54) is 0 Å². The molecule has 9 heteroatoms. The van der Waals surface area contributed by atoms with Gasteiger partial charge >= 0.3 is 0 Å². The van der Waals surface area contributed by atoms with Crippen molar-refractivity contribution in [2.45, 2.75) is 57.3 Å². The van der Waals surface area contributed by atoms with Crippen molar-refractivity contribution >= 4 is 23.4 Å². The van der Waals surface area contributed by atoms with E-state index in [2.05, 4.69) is 10.6 Å². The summed E-state index contributed by atoms with van der Waals surface area (Å²) in [7, 11) is 1.77. The maximum Gasteiger partial charge on any atom is 0.257 e. The lowest BCUT2D eigenvalue weighted by Crippen LogP contribution is -2.54. The van der Waals surface area contributed by atoms with Crippen molar-refractivity contribution < 1.29 is 28.6 Å². The maximum atomic E-state index is 13.3. The first-order chi connectivity index (χ1) is 16.0. The molecular weight excluding hydrogens is 426 g/mol. The highest BCUT2D eigenvalue weighted by atomic mass is 16.5. The van der Waals surface area contributed by atoms with Crippen molar-refractivity contribution in [2.75, 3.05) is 38.7 Å². The first kappa shape index (κ1) is 23.5. The molecule has 0 saturated carbocycles. The number of fused-ring (bicyclic) bond motifs is 2. The number of carbonyl (C=O) groups is 3. The lowest BCUT2D eigenvalue weighted by molar-refractivity contribution is -0.134. The van der Waals surface area contributed by atoms with Crippen LogP contribution in [0.4, 0.5) is 5.69 Å². The third-order valence-electron chi connectivity index (χ3n) is 6.66. The number of carbonyl (C=O) groups excluding carboxylic acids is 3. The Hall–Kier alpha value is -2.65. The average Bonchev–Trinajstić information content (AvgIpc) is 2.82. The Labute approximate surface area is 194 Å². The number of benzene rings is 1. The molecule has 2 N–H and O–H groups in total. The summed E-state index contributed by atoms with van der Waals surface area (Å²) in [5.41, 5.74) is 1.000. The molecular formula is C24H33N3O6. The number of nitrogens with one attached hydrogen (secondary N) is 2. The van der Waals surface area contributed by atoms with E-state index >= 15 is 0 Å². The summed E-state index contributed by atoms with van der Waals surface area (Å²) in [5.74, 6) is 0.127. The standard InChI is InChI=1S/C24H33N3O6/c1-3-25-22(28)13-17-5-6-19-21(33-17)14-32-20-7-4-16(12-18(20)24(30)27(19)2)26-23(29)15-8-10-31-11-9-15/h4,7,12,15,17,19,21H,3,5-6,8-11,13-14H2,1-2H3,(H,25,28)(H,26,29)/t17-,19-,21+/m0/s1. The summed E-state index contributed by atoms with van der Waals surface area (Å²) in [5, 5.41) is 5.75. The smallest absolute Gasteiger partial charge is 0.257 e. The molecule has 2 saturated heterocycles. The largest absolute Gasteiger partial charge is 0.490 e. The summed E-state index contributed by atoms with van der Waals surface area (Å²) in [6.07, 6.45) is 2.64. The summed E-state index contributed by atoms with van der Waals surface area (Å²) < 4.78 is 17.5. The molecule has 0 radical (unpaired) electrons. The molecule has 3 aliphatic rings. The number of amides is 3. The molecule has 0 spiro atoms. The van der Waals surface area contributed by atoms with Gasteiger partial charge in [-0.15, -0.1) is 0 Å². The molecule has 2 fully saturated rings. The van der Waals surface area contributed by atoms with Gasteiger partial charge in [-0.2, -0.15) is 0 Å². The van der Waals surface area contributed by atoms with Crippen LogP contribution in [0.25, 0.3) is 0 Å². The summed E-state index contributed by atoms with van der Waals surface area (Å²) in [4.78, 5) is 39.6. The summed E-state index contributed by atoms with van der Waals surface area (Å²) in [6.45, 7) is 3.95. The predicted molar refractivity (Wildman–Crippen MR) is 121 cm³/mol. The lowest BCUT2D eigenvalue weighted by atomic mass is 9.94. The van der Waals surface area contributed by atoms with Crippen LogP contribution in [0.3, 0.4) is 0 Å². The normalized spacial score (nSPS) is 25.7. The van der Waals surface area contributed by atoms with Crippen molar-refractivity contribution in [3.05, 3.63) is 23.8 Å². The van der Waals surface area contributed by atoms with Crippen LogP contribution in [-0.4, -0.2) is 74.3 Å². The molecule has 0 unspecified atom stereocenters. The van der Waals surface area contributed by atoms with Crippen LogP contribution in [0.5, 0.6) is 5.75 Å². The van der Waals surface area contributed by atoms with E-state index in [4.69, 9.17) is 14.2 Å². The van der Waals surface area contributed by atoms with Crippen LogP contribution >= 0.6 is 0 Å². The molecule has 0 aromatic heterocycles. The minimum atomic E-state index is -0.312. The average molecular weight is 460 g/mol. The number of rotatable bonds is 5. The lowest BCUT2D eigenvalue weighted by Gasteiger charge is -2.42. The van der Waals surface area contributed by atoms with E-state index in [0.717, 1.165) is 6.42 Å². The molecule has 33 heavy (non-hydrogen) atoms. The number of nitrogens with zero attached hydrogens (tertiary/aromatic N) is 1. The highest BCUT2D eigenvalue weighted by molar-refractivity contribution is 6.00. The number of hydrogen-bond acceptors (Lipinski definition) is 6. The Kier molecular flexibility index (Phi) is 7.49. The first-order valence-electron chi connectivity index (χ1n) is 11.8. The van der Waals surface area contributed by atoms with Crippen LogP contribution < -0.4 is 15.4 Å². The van der Waals surface area contributed by atoms with Gasteiger partial charge in [0.1, 0.15) is 18.5 Å². The maximum absolute atomic E-state index is 13.3. The minimum absolute atomic E-state index is 0.0298. The van der Waals surface area contributed by atoms with Crippen molar-refractivity contribution in [1.29, 1.82) is 0 Å².